The highest BCUT2D eigenvalue weighted by molar-refractivity contribution is 6.04. The number of ketones is 1. The lowest BCUT2D eigenvalue weighted by Gasteiger charge is -2.19. The molecule has 0 N–H and O–H groups in total. The number of fused-ring (bicyclic) bond motifs is 1. The summed E-state index contributed by atoms with van der Waals surface area (Å²) in [7, 11) is 0. The Hall–Kier alpha value is -1.31. The van der Waals surface area contributed by atoms with Crippen molar-refractivity contribution in [3.63, 3.8) is 0 Å². The van der Waals surface area contributed by atoms with E-state index in [2.05, 4.69) is 33.8 Å². The van der Waals surface area contributed by atoms with Gasteiger partial charge in [0.05, 0.1) is 5.56 Å². The normalized spacial score (nSPS) is 19.1. The summed E-state index contributed by atoms with van der Waals surface area (Å²) in [6, 6.07) is 5.98. The number of ether oxygens (including phenoxy) is 1. The molecule has 0 spiro atoms. The van der Waals surface area contributed by atoms with Gasteiger partial charge >= 0.3 is 0 Å². The molecule has 1 heterocycles. The largest absolute Gasteiger partial charge is 0.482 e. The van der Waals surface area contributed by atoms with E-state index in [1.165, 1.54) is 5.56 Å². The predicted octanol–water partition coefficient (Wildman–Crippen LogP) is 3.73. The SMILES string of the molecule is CCCC1Oc2ccc(C(C)(C)C)cc2C1=O. The predicted molar refractivity (Wildman–Crippen MR) is 68.8 cm³/mol. The average molecular weight is 232 g/mol. The number of hydrogen-bond donors (Lipinski definition) is 0. The Bertz CT molecular complexity index is 441. The van der Waals surface area contributed by atoms with Gasteiger partial charge in [-0.2, -0.15) is 0 Å². The minimum Gasteiger partial charge on any atom is -0.482 e. The molecular weight excluding hydrogens is 212 g/mol. The van der Waals surface area contributed by atoms with E-state index in [0.29, 0.717) is 0 Å². The maximum Gasteiger partial charge on any atom is 0.207 e. The topological polar surface area (TPSA) is 26.3 Å². The lowest BCUT2D eigenvalue weighted by Crippen LogP contribution is -2.19. The van der Waals surface area contributed by atoms with Gasteiger partial charge < -0.3 is 4.74 Å². The van der Waals surface area contributed by atoms with Crippen LogP contribution in [-0.4, -0.2) is 11.9 Å². The second-order valence-electron chi connectivity index (χ2n) is 5.72. The van der Waals surface area contributed by atoms with Crippen LogP contribution in [-0.2, 0) is 5.41 Å². The molecule has 2 rings (SSSR count). The summed E-state index contributed by atoms with van der Waals surface area (Å²) in [5.74, 6) is 0.898. The molecule has 0 bridgehead atoms. The Kier molecular flexibility index (Phi) is 2.98. The highest BCUT2D eigenvalue weighted by Crippen LogP contribution is 2.34. The standard InChI is InChI=1S/C15H20O2/c1-5-6-13-14(16)11-9-10(15(2,3)4)7-8-12(11)17-13/h7-9,13H,5-6H2,1-4H3. The number of Topliss-reactive ketones (excluding diaryl/α,β-unsaturated/α-hetero) is 1. The monoisotopic (exact) mass is 232 g/mol. The van der Waals surface area contributed by atoms with Gasteiger partial charge in [-0.25, -0.2) is 0 Å². The second-order valence-corrected chi connectivity index (χ2v) is 5.72. The van der Waals surface area contributed by atoms with E-state index in [1.54, 1.807) is 0 Å². The first-order chi connectivity index (χ1) is 7.93. The van der Waals surface area contributed by atoms with Crippen molar-refractivity contribution < 1.29 is 9.53 Å². The summed E-state index contributed by atoms with van der Waals surface area (Å²) >= 11 is 0. The van der Waals surface area contributed by atoms with Crippen LogP contribution in [0.3, 0.4) is 0 Å². The number of carbonyl (C=O) groups excluding carboxylic acids is 1. The third-order valence-electron chi connectivity index (χ3n) is 3.22. The molecule has 0 saturated carbocycles. The molecule has 0 aliphatic carbocycles. The van der Waals surface area contributed by atoms with Crippen molar-refractivity contribution in [1.29, 1.82) is 0 Å². The fourth-order valence-corrected chi connectivity index (χ4v) is 2.12. The Morgan fingerprint density at radius 2 is 2.00 bits per heavy atom. The average Bonchev–Trinajstić information content (AvgIpc) is 2.55. The van der Waals surface area contributed by atoms with Gasteiger partial charge in [-0.3, -0.25) is 4.79 Å². The maximum atomic E-state index is 12.1. The molecule has 0 fully saturated rings. The lowest BCUT2D eigenvalue weighted by molar-refractivity contribution is 0.0845. The quantitative estimate of drug-likeness (QED) is 0.776. The van der Waals surface area contributed by atoms with Crippen LogP contribution in [0.1, 0.15) is 56.5 Å². The van der Waals surface area contributed by atoms with Crippen LogP contribution < -0.4 is 4.74 Å². The van der Waals surface area contributed by atoms with Crippen LogP contribution in [0, 0.1) is 0 Å². The third-order valence-corrected chi connectivity index (χ3v) is 3.22. The van der Waals surface area contributed by atoms with Crippen molar-refractivity contribution in [2.75, 3.05) is 0 Å². The van der Waals surface area contributed by atoms with Crippen molar-refractivity contribution in [3.8, 4) is 5.75 Å². The Morgan fingerprint density at radius 3 is 2.59 bits per heavy atom. The smallest absolute Gasteiger partial charge is 0.207 e. The van der Waals surface area contributed by atoms with Crippen LogP contribution in [0.15, 0.2) is 18.2 Å². The summed E-state index contributed by atoms with van der Waals surface area (Å²) < 4.78 is 5.68. The van der Waals surface area contributed by atoms with Gasteiger partial charge in [0.2, 0.25) is 5.78 Å². The van der Waals surface area contributed by atoms with Crippen molar-refractivity contribution in [1.82, 2.24) is 0 Å². The zero-order valence-electron chi connectivity index (χ0n) is 11.0. The Labute approximate surface area is 103 Å². The first-order valence-electron chi connectivity index (χ1n) is 6.29. The number of carbonyl (C=O) groups is 1. The van der Waals surface area contributed by atoms with Crippen molar-refractivity contribution in [3.05, 3.63) is 29.3 Å². The molecule has 1 aliphatic heterocycles. The van der Waals surface area contributed by atoms with Crippen LogP contribution in [0.25, 0.3) is 0 Å². The van der Waals surface area contributed by atoms with Crippen LogP contribution >= 0.6 is 0 Å². The minimum atomic E-state index is -0.259. The van der Waals surface area contributed by atoms with E-state index >= 15 is 0 Å². The van der Waals surface area contributed by atoms with E-state index in [1.807, 2.05) is 12.1 Å². The minimum absolute atomic E-state index is 0.0676. The molecule has 1 aliphatic rings. The number of hydrogen-bond acceptors (Lipinski definition) is 2. The first-order valence-corrected chi connectivity index (χ1v) is 6.29. The van der Waals surface area contributed by atoms with E-state index in [9.17, 15) is 4.79 Å². The van der Waals surface area contributed by atoms with Crippen molar-refractivity contribution in [2.24, 2.45) is 0 Å². The maximum absolute atomic E-state index is 12.1. The molecular formula is C15H20O2. The van der Waals surface area contributed by atoms with Gasteiger partial charge in [0, 0.05) is 0 Å². The molecule has 0 radical (unpaired) electrons. The molecule has 1 aromatic carbocycles. The van der Waals surface area contributed by atoms with Crippen molar-refractivity contribution >= 4 is 5.78 Å². The molecule has 0 saturated heterocycles. The van der Waals surface area contributed by atoms with Gasteiger partial charge in [-0.05, 0) is 29.5 Å². The summed E-state index contributed by atoms with van der Waals surface area (Å²) in [5.41, 5.74) is 2.01. The highest BCUT2D eigenvalue weighted by Gasteiger charge is 2.32. The second kappa shape index (κ2) is 4.17. The van der Waals surface area contributed by atoms with E-state index in [0.717, 1.165) is 24.2 Å². The van der Waals surface area contributed by atoms with Crippen LogP contribution in [0.4, 0.5) is 0 Å². The molecule has 17 heavy (non-hydrogen) atoms. The highest BCUT2D eigenvalue weighted by atomic mass is 16.5. The Balaban J connectivity index is 2.34. The van der Waals surface area contributed by atoms with Gasteiger partial charge in [-0.1, -0.05) is 40.2 Å². The number of rotatable bonds is 2. The lowest BCUT2D eigenvalue weighted by atomic mass is 9.85. The van der Waals surface area contributed by atoms with E-state index < -0.39 is 0 Å². The fraction of sp³-hybridized carbons (Fsp3) is 0.533. The van der Waals surface area contributed by atoms with E-state index in [-0.39, 0.29) is 17.3 Å². The van der Waals surface area contributed by atoms with Crippen molar-refractivity contribution in [2.45, 2.75) is 52.1 Å². The zero-order chi connectivity index (χ0) is 12.6. The molecule has 1 aromatic rings. The molecule has 2 nitrogen and oxygen atoms in total. The van der Waals surface area contributed by atoms with Crippen LogP contribution in [0.2, 0.25) is 0 Å². The molecule has 1 atom stereocenters. The molecule has 0 aromatic heterocycles. The first kappa shape index (κ1) is 12.2. The summed E-state index contributed by atoms with van der Waals surface area (Å²) in [4.78, 5) is 12.1. The van der Waals surface area contributed by atoms with Gasteiger partial charge in [0.25, 0.3) is 0 Å². The zero-order valence-corrected chi connectivity index (χ0v) is 11.0. The van der Waals surface area contributed by atoms with Gasteiger partial charge in [0.1, 0.15) is 5.75 Å². The summed E-state index contributed by atoms with van der Waals surface area (Å²) in [5, 5.41) is 0. The van der Waals surface area contributed by atoms with Gasteiger partial charge in [-0.15, -0.1) is 0 Å². The summed E-state index contributed by atoms with van der Waals surface area (Å²) in [6.45, 7) is 8.52. The van der Waals surface area contributed by atoms with Gasteiger partial charge in [0.15, 0.2) is 6.10 Å². The number of benzene rings is 1. The van der Waals surface area contributed by atoms with Crippen LogP contribution in [0.5, 0.6) is 5.75 Å². The molecule has 92 valence electrons. The van der Waals surface area contributed by atoms with E-state index in [4.69, 9.17) is 4.74 Å². The molecule has 1 unspecified atom stereocenters. The third kappa shape index (κ3) is 2.21. The molecule has 0 amide bonds. The molecule has 2 heteroatoms. The fourth-order valence-electron chi connectivity index (χ4n) is 2.12. The Morgan fingerprint density at radius 1 is 1.29 bits per heavy atom. The summed E-state index contributed by atoms with van der Waals surface area (Å²) in [6.07, 6.45) is 1.51.